The zero-order valence-electron chi connectivity index (χ0n) is 12.5. The molecule has 3 aromatic carbocycles. The van der Waals surface area contributed by atoms with Crippen LogP contribution in [0.3, 0.4) is 0 Å². The van der Waals surface area contributed by atoms with E-state index in [4.69, 9.17) is 4.74 Å². The van der Waals surface area contributed by atoms with E-state index in [0.29, 0.717) is 5.75 Å². The lowest BCUT2D eigenvalue weighted by atomic mass is 10.1. The molecule has 3 nitrogen and oxygen atoms in total. The Balaban J connectivity index is 1.76. The van der Waals surface area contributed by atoms with Crippen LogP contribution in [0.1, 0.15) is 11.1 Å². The van der Waals surface area contributed by atoms with Crippen molar-refractivity contribution in [3.05, 3.63) is 71.8 Å². The molecule has 0 aliphatic heterocycles. The molecule has 0 unspecified atom stereocenters. The summed E-state index contributed by atoms with van der Waals surface area (Å²) in [6.07, 6.45) is 0. The van der Waals surface area contributed by atoms with E-state index < -0.39 is 0 Å². The number of rotatable bonds is 5. The Kier molecular flexibility index (Phi) is 4.26. The first kappa shape index (κ1) is 14.4. The van der Waals surface area contributed by atoms with Gasteiger partial charge >= 0.3 is 0 Å². The zero-order valence-corrected chi connectivity index (χ0v) is 12.5. The third kappa shape index (κ3) is 3.05. The highest BCUT2D eigenvalue weighted by molar-refractivity contribution is 5.83. The van der Waals surface area contributed by atoms with Crippen molar-refractivity contribution in [1.82, 2.24) is 0 Å². The number of nitrogens with one attached hydrogen (secondary N) is 1. The molecule has 3 heteroatoms. The maximum absolute atomic E-state index is 9.37. The molecule has 0 aliphatic rings. The van der Waals surface area contributed by atoms with Crippen LogP contribution in [0.15, 0.2) is 60.7 Å². The Labute approximate surface area is 130 Å². The summed E-state index contributed by atoms with van der Waals surface area (Å²) in [5, 5.41) is 15.2. The molecule has 0 bridgehead atoms. The van der Waals surface area contributed by atoms with E-state index in [0.717, 1.165) is 17.8 Å². The maximum atomic E-state index is 9.37. The molecule has 0 saturated carbocycles. The van der Waals surface area contributed by atoms with Crippen molar-refractivity contribution in [2.45, 2.75) is 13.2 Å². The number of benzene rings is 3. The summed E-state index contributed by atoms with van der Waals surface area (Å²) >= 11 is 0. The lowest BCUT2D eigenvalue weighted by molar-refractivity contribution is 0.274. The van der Waals surface area contributed by atoms with E-state index in [9.17, 15) is 5.11 Å². The zero-order chi connectivity index (χ0) is 15.4. The first-order valence-electron chi connectivity index (χ1n) is 7.29. The van der Waals surface area contributed by atoms with Crippen LogP contribution in [-0.4, -0.2) is 12.2 Å². The summed E-state index contributed by atoms with van der Waals surface area (Å²) < 4.78 is 5.21. The number of aliphatic hydroxyl groups excluding tert-OH is 1. The van der Waals surface area contributed by atoms with Crippen molar-refractivity contribution >= 4 is 16.5 Å². The van der Waals surface area contributed by atoms with Gasteiger partial charge in [0.05, 0.1) is 13.7 Å². The van der Waals surface area contributed by atoms with E-state index >= 15 is 0 Å². The van der Waals surface area contributed by atoms with Crippen LogP contribution in [0, 0.1) is 0 Å². The fourth-order valence-corrected chi connectivity index (χ4v) is 2.56. The van der Waals surface area contributed by atoms with Crippen molar-refractivity contribution in [3.8, 4) is 5.75 Å². The summed E-state index contributed by atoms with van der Waals surface area (Å²) in [7, 11) is 1.61. The van der Waals surface area contributed by atoms with Crippen molar-refractivity contribution in [2.24, 2.45) is 0 Å². The van der Waals surface area contributed by atoms with Crippen LogP contribution < -0.4 is 10.1 Å². The van der Waals surface area contributed by atoms with E-state index in [-0.39, 0.29) is 6.61 Å². The van der Waals surface area contributed by atoms with Crippen molar-refractivity contribution in [3.63, 3.8) is 0 Å². The summed E-state index contributed by atoms with van der Waals surface area (Å²) in [5.74, 6) is 0.707. The van der Waals surface area contributed by atoms with E-state index in [2.05, 4.69) is 41.7 Å². The quantitative estimate of drug-likeness (QED) is 0.748. The highest BCUT2D eigenvalue weighted by Crippen LogP contribution is 2.23. The minimum Gasteiger partial charge on any atom is -0.496 e. The average Bonchev–Trinajstić information content (AvgIpc) is 2.59. The highest BCUT2D eigenvalue weighted by atomic mass is 16.5. The van der Waals surface area contributed by atoms with Crippen LogP contribution in [0.5, 0.6) is 5.75 Å². The Morgan fingerprint density at radius 3 is 2.55 bits per heavy atom. The van der Waals surface area contributed by atoms with Gasteiger partial charge in [-0.15, -0.1) is 0 Å². The van der Waals surface area contributed by atoms with Crippen molar-refractivity contribution in [2.75, 3.05) is 12.4 Å². The Morgan fingerprint density at radius 1 is 0.955 bits per heavy atom. The van der Waals surface area contributed by atoms with Gasteiger partial charge in [-0.1, -0.05) is 36.4 Å². The van der Waals surface area contributed by atoms with Crippen LogP contribution in [0.4, 0.5) is 5.69 Å². The summed E-state index contributed by atoms with van der Waals surface area (Å²) in [5.41, 5.74) is 2.98. The Morgan fingerprint density at radius 2 is 1.77 bits per heavy atom. The minimum atomic E-state index is -0.0331. The minimum absolute atomic E-state index is 0.0331. The van der Waals surface area contributed by atoms with Crippen LogP contribution in [-0.2, 0) is 13.2 Å². The van der Waals surface area contributed by atoms with E-state index in [1.54, 1.807) is 7.11 Å². The van der Waals surface area contributed by atoms with Crippen molar-refractivity contribution in [1.29, 1.82) is 0 Å². The van der Waals surface area contributed by atoms with Gasteiger partial charge < -0.3 is 15.2 Å². The van der Waals surface area contributed by atoms with Gasteiger partial charge in [-0.2, -0.15) is 0 Å². The van der Waals surface area contributed by atoms with Crippen LogP contribution in [0.25, 0.3) is 10.8 Å². The molecular weight excluding hydrogens is 274 g/mol. The van der Waals surface area contributed by atoms with Gasteiger partial charge in [-0.3, -0.25) is 0 Å². The van der Waals surface area contributed by atoms with Crippen molar-refractivity contribution < 1.29 is 9.84 Å². The molecule has 0 radical (unpaired) electrons. The summed E-state index contributed by atoms with van der Waals surface area (Å²) in [4.78, 5) is 0. The smallest absolute Gasteiger partial charge is 0.124 e. The van der Waals surface area contributed by atoms with E-state index in [1.807, 2.05) is 24.3 Å². The Bertz CT molecular complexity index is 783. The second-order valence-electron chi connectivity index (χ2n) is 5.22. The molecule has 3 rings (SSSR count). The van der Waals surface area contributed by atoms with Gasteiger partial charge in [-0.25, -0.2) is 0 Å². The second-order valence-corrected chi connectivity index (χ2v) is 5.22. The summed E-state index contributed by atoms with van der Waals surface area (Å²) in [6, 6.07) is 20.5. The number of ether oxygens (including phenoxy) is 1. The van der Waals surface area contributed by atoms with Gasteiger partial charge in [0, 0.05) is 17.8 Å². The number of hydrogen-bond donors (Lipinski definition) is 2. The van der Waals surface area contributed by atoms with Crippen LogP contribution in [0.2, 0.25) is 0 Å². The first-order valence-corrected chi connectivity index (χ1v) is 7.29. The fourth-order valence-electron chi connectivity index (χ4n) is 2.56. The predicted octanol–water partition coefficient (Wildman–Crippen LogP) is 3.95. The molecular formula is C19H19NO2. The van der Waals surface area contributed by atoms with Gasteiger partial charge in [0.25, 0.3) is 0 Å². The molecule has 0 amide bonds. The highest BCUT2D eigenvalue weighted by Gasteiger charge is 2.03. The van der Waals surface area contributed by atoms with Gasteiger partial charge in [0.15, 0.2) is 0 Å². The largest absolute Gasteiger partial charge is 0.496 e. The van der Waals surface area contributed by atoms with Crippen LogP contribution >= 0.6 is 0 Å². The standard InChI is InChI=1S/C19H19NO2/c1-22-19-9-8-18(11-17(19)13-21)20-12-14-6-7-15-4-2-3-5-16(15)10-14/h2-11,20-21H,12-13H2,1H3. The molecule has 0 aromatic heterocycles. The molecule has 0 fully saturated rings. The monoisotopic (exact) mass is 293 g/mol. The maximum Gasteiger partial charge on any atom is 0.124 e. The second kappa shape index (κ2) is 6.50. The molecule has 0 saturated heterocycles. The topological polar surface area (TPSA) is 41.5 Å². The molecule has 3 aromatic rings. The molecule has 0 atom stereocenters. The Hall–Kier alpha value is -2.52. The third-order valence-electron chi connectivity index (χ3n) is 3.76. The normalized spacial score (nSPS) is 10.6. The average molecular weight is 293 g/mol. The van der Waals surface area contributed by atoms with Gasteiger partial charge in [0.2, 0.25) is 0 Å². The predicted molar refractivity (Wildman–Crippen MR) is 90.2 cm³/mol. The fraction of sp³-hybridized carbons (Fsp3) is 0.158. The number of fused-ring (bicyclic) bond motifs is 1. The molecule has 2 N–H and O–H groups in total. The number of hydrogen-bond acceptors (Lipinski definition) is 3. The first-order chi connectivity index (χ1) is 10.8. The van der Waals surface area contributed by atoms with Gasteiger partial charge in [0.1, 0.15) is 5.75 Å². The van der Waals surface area contributed by atoms with E-state index in [1.165, 1.54) is 16.3 Å². The number of aliphatic hydroxyl groups is 1. The molecule has 22 heavy (non-hydrogen) atoms. The molecule has 0 spiro atoms. The number of anilines is 1. The summed E-state index contributed by atoms with van der Waals surface area (Å²) in [6.45, 7) is 0.705. The van der Waals surface area contributed by atoms with Gasteiger partial charge in [-0.05, 0) is 40.6 Å². The lowest BCUT2D eigenvalue weighted by Gasteiger charge is -2.11. The molecule has 112 valence electrons. The molecule has 0 heterocycles. The lowest BCUT2D eigenvalue weighted by Crippen LogP contribution is -2.01. The molecule has 0 aliphatic carbocycles. The number of methoxy groups -OCH3 is 1. The third-order valence-corrected chi connectivity index (χ3v) is 3.76. The SMILES string of the molecule is COc1ccc(NCc2ccc3ccccc3c2)cc1CO.